The minimum absolute atomic E-state index is 0.594. The van der Waals surface area contributed by atoms with E-state index in [0.717, 1.165) is 46.4 Å². The number of ether oxygens (including phenoxy) is 3. The Morgan fingerprint density at radius 2 is 1.63 bits per heavy atom. The highest BCUT2D eigenvalue weighted by molar-refractivity contribution is 5.80. The van der Waals surface area contributed by atoms with Crippen molar-refractivity contribution < 1.29 is 18.6 Å². The molecule has 35 heavy (non-hydrogen) atoms. The summed E-state index contributed by atoms with van der Waals surface area (Å²) < 4.78 is 22.9. The summed E-state index contributed by atoms with van der Waals surface area (Å²) in [6, 6.07) is 22.0. The lowest BCUT2D eigenvalue weighted by molar-refractivity contribution is 0.340. The Kier molecular flexibility index (Phi) is 6.62. The number of hydrogen-bond acceptors (Lipinski definition) is 6. The van der Waals surface area contributed by atoms with Crippen LogP contribution in [0.1, 0.15) is 19.8 Å². The number of rotatable bonds is 7. The molecule has 4 aromatic rings. The predicted octanol–water partition coefficient (Wildman–Crippen LogP) is 6.35. The molecule has 0 atom stereocenters. The highest BCUT2D eigenvalue weighted by atomic mass is 16.5. The highest BCUT2D eigenvalue weighted by Crippen LogP contribution is 2.33. The van der Waals surface area contributed by atoms with Crippen LogP contribution in [0, 0.1) is 0 Å². The third-order valence-electron chi connectivity index (χ3n) is 6.26. The Labute approximate surface area is 205 Å². The van der Waals surface area contributed by atoms with E-state index in [-0.39, 0.29) is 0 Å². The van der Waals surface area contributed by atoms with Crippen molar-refractivity contribution in [2.45, 2.75) is 19.8 Å². The van der Waals surface area contributed by atoms with Crippen molar-refractivity contribution in [1.29, 1.82) is 0 Å². The molecule has 1 aromatic heterocycles. The van der Waals surface area contributed by atoms with Gasteiger partial charge in [-0.05, 0) is 80.4 Å². The first-order chi connectivity index (χ1) is 17.2. The number of hydrogen-bond donors (Lipinski definition) is 0. The van der Waals surface area contributed by atoms with Crippen molar-refractivity contribution in [2.75, 3.05) is 38.8 Å². The van der Waals surface area contributed by atoms with Gasteiger partial charge < -0.3 is 23.5 Å². The maximum atomic E-state index is 6.30. The van der Waals surface area contributed by atoms with E-state index in [0.29, 0.717) is 23.9 Å². The maximum Gasteiger partial charge on any atom is 0.161 e. The monoisotopic (exact) mass is 470 g/mol. The van der Waals surface area contributed by atoms with Crippen molar-refractivity contribution in [3.05, 3.63) is 72.1 Å². The third-order valence-corrected chi connectivity index (χ3v) is 6.26. The van der Waals surface area contributed by atoms with E-state index in [1.54, 1.807) is 14.2 Å². The fourth-order valence-electron chi connectivity index (χ4n) is 4.48. The SMILES string of the molecule is CCOc1ccc2oc(-c3ccc(OC)c(OC)c3)cc(=Nc3ccc(N4CCCC4)cc3)c2c1. The fraction of sp³-hybridized carbons (Fsp3) is 0.276. The summed E-state index contributed by atoms with van der Waals surface area (Å²) in [5.74, 6) is 2.79. The van der Waals surface area contributed by atoms with Crippen molar-refractivity contribution >= 4 is 22.3 Å². The molecular formula is C29H30N2O4. The number of anilines is 1. The first-order valence-electron chi connectivity index (χ1n) is 12.0. The number of benzene rings is 3. The molecule has 6 heteroatoms. The normalized spacial score (nSPS) is 13.9. The molecule has 0 radical (unpaired) electrons. The van der Waals surface area contributed by atoms with Crippen molar-refractivity contribution in [3.63, 3.8) is 0 Å². The van der Waals surface area contributed by atoms with Crippen LogP contribution in [0.25, 0.3) is 22.3 Å². The van der Waals surface area contributed by atoms with Gasteiger partial charge in [-0.2, -0.15) is 0 Å². The lowest BCUT2D eigenvalue weighted by atomic mass is 10.1. The highest BCUT2D eigenvalue weighted by Gasteiger charge is 2.13. The van der Waals surface area contributed by atoms with Gasteiger partial charge >= 0.3 is 0 Å². The molecule has 0 aliphatic carbocycles. The molecule has 1 saturated heterocycles. The Hall–Kier alpha value is -3.93. The van der Waals surface area contributed by atoms with Crippen LogP contribution in [-0.4, -0.2) is 33.9 Å². The van der Waals surface area contributed by atoms with Gasteiger partial charge in [0, 0.05) is 35.8 Å². The van der Waals surface area contributed by atoms with Gasteiger partial charge in [0.15, 0.2) is 11.5 Å². The molecule has 0 bridgehead atoms. The van der Waals surface area contributed by atoms with Crippen molar-refractivity contribution in [3.8, 4) is 28.6 Å². The molecule has 0 N–H and O–H groups in total. The van der Waals surface area contributed by atoms with E-state index in [9.17, 15) is 0 Å². The molecule has 180 valence electrons. The molecule has 1 aliphatic heterocycles. The lowest BCUT2D eigenvalue weighted by Gasteiger charge is -2.17. The smallest absolute Gasteiger partial charge is 0.161 e. The van der Waals surface area contributed by atoms with E-state index >= 15 is 0 Å². The molecule has 0 amide bonds. The summed E-state index contributed by atoms with van der Waals surface area (Å²) >= 11 is 0. The van der Waals surface area contributed by atoms with Gasteiger partial charge in [0.25, 0.3) is 0 Å². The third kappa shape index (κ3) is 4.83. The van der Waals surface area contributed by atoms with Crippen molar-refractivity contribution in [2.24, 2.45) is 4.99 Å². The van der Waals surface area contributed by atoms with Crippen LogP contribution < -0.4 is 24.5 Å². The van der Waals surface area contributed by atoms with E-state index in [1.807, 2.05) is 49.4 Å². The van der Waals surface area contributed by atoms with Crippen LogP contribution in [0.3, 0.4) is 0 Å². The molecule has 5 rings (SSSR count). The second-order valence-corrected chi connectivity index (χ2v) is 8.48. The zero-order chi connectivity index (χ0) is 24.2. The standard InChI is InChI=1S/C29H30N2O4/c1-4-34-23-12-14-26-24(18-23)25(30-21-8-10-22(11-9-21)31-15-5-6-16-31)19-28(35-26)20-7-13-27(32-2)29(17-20)33-3/h7-14,17-19H,4-6,15-16H2,1-3H3. The lowest BCUT2D eigenvalue weighted by Crippen LogP contribution is -2.17. The zero-order valence-electron chi connectivity index (χ0n) is 20.4. The average Bonchev–Trinajstić information content (AvgIpc) is 3.44. The number of methoxy groups -OCH3 is 2. The topological polar surface area (TPSA) is 56.4 Å². The molecule has 1 aliphatic rings. The molecule has 0 saturated carbocycles. The van der Waals surface area contributed by atoms with Gasteiger partial charge in [0.1, 0.15) is 17.1 Å². The summed E-state index contributed by atoms with van der Waals surface area (Å²) in [5, 5.41) is 1.70. The van der Waals surface area contributed by atoms with Gasteiger partial charge in [-0.3, -0.25) is 0 Å². The fourth-order valence-corrected chi connectivity index (χ4v) is 4.48. The second-order valence-electron chi connectivity index (χ2n) is 8.48. The Morgan fingerprint density at radius 1 is 0.857 bits per heavy atom. The van der Waals surface area contributed by atoms with E-state index in [1.165, 1.54) is 18.5 Å². The molecular weight excluding hydrogens is 440 g/mol. The molecule has 1 fully saturated rings. The second kappa shape index (κ2) is 10.1. The predicted molar refractivity (Wildman–Crippen MR) is 139 cm³/mol. The zero-order valence-corrected chi connectivity index (χ0v) is 20.4. The minimum Gasteiger partial charge on any atom is -0.494 e. The Morgan fingerprint density at radius 3 is 2.34 bits per heavy atom. The van der Waals surface area contributed by atoms with Crippen LogP contribution in [-0.2, 0) is 0 Å². The van der Waals surface area contributed by atoms with Crippen molar-refractivity contribution in [1.82, 2.24) is 0 Å². The van der Waals surface area contributed by atoms with Gasteiger partial charge in [-0.15, -0.1) is 0 Å². The first-order valence-corrected chi connectivity index (χ1v) is 12.0. The minimum atomic E-state index is 0.594. The maximum absolute atomic E-state index is 6.30. The molecule has 0 spiro atoms. The summed E-state index contributed by atoms with van der Waals surface area (Å²) in [7, 11) is 3.25. The van der Waals surface area contributed by atoms with Gasteiger partial charge in [0.05, 0.1) is 31.9 Å². The van der Waals surface area contributed by atoms with Gasteiger partial charge in [-0.25, -0.2) is 4.99 Å². The van der Waals surface area contributed by atoms with Crippen LogP contribution >= 0.6 is 0 Å². The van der Waals surface area contributed by atoms with E-state index in [4.69, 9.17) is 23.6 Å². The Balaban J connectivity index is 1.63. The average molecular weight is 471 g/mol. The quantitative estimate of drug-likeness (QED) is 0.315. The summed E-state index contributed by atoms with van der Waals surface area (Å²) in [4.78, 5) is 7.43. The molecule has 3 aromatic carbocycles. The van der Waals surface area contributed by atoms with Crippen LogP contribution in [0.2, 0.25) is 0 Å². The molecule has 2 heterocycles. The van der Waals surface area contributed by atoms with Gasteiger partial charge in [-0.1, -0.05) is 0 Å². The number of nitrogens with zero attached hydrogens (tertiary/aromatic N) is 2. The van der Waals surface area contributed by atoms with E-state index in [2.05, 4.69) is 29.2 Å². The largest absolute Gasteiger partial charge is 0.494 e. The van der Waals surface area contributed by atoms with Crippen LogP contribution in [0.15, 0.2) is 76.1 Å². The van der Waals surface area contributed by atoms with Gasteiger partial charge in [0.2, 0.25) is 0 Å². The van der Waals surface area contributed by atoms with Crippen LogP contribution in [0.5, 0.6) is 17.2 Å². The van der Waals surface area contributed by atoms with E-state index < -0.39 is 0 Å². The molecule has 6 nitrogen and oxygen atoms in total. The Bertz CT molecular complexity index is 1390. The summed E-state index contributed by atoms with van der Waals surface area (Å²) in [6.45, 7) is 4.81. The summed E-state index contributed by atoms with van der Waals surface area (Å²) in [6.07, 6.45) is 2.51. The first kappa shape index (κ1) is 22.8. The number of fused-ring (bicyclic) bond motifs is 1. The summed E-state index contributed by atoms with van der Waals surface area (Å²) in [5.41, 5.74) is 3.74. The molecule has 0 unspecified atom stereocenters. The van der Waals surface area contributed by atoms with Crippen LogP contribution in [0.4, 0.5) is 11.4 Å².